The maximum atomic E-state index is 6.06. The number of nitrogens with zero attached hydrogens (tertiary/aromatic N) is 2. The van der Waals surface area contributed by atoms with Gasteiger partial charge in [-0.15, -0.1) is 0 Å². The first kappa shape index (κ1) is 25.4. The van der Waals surface area contributed by atoms with Crippen molar-refractivity contribution in [1.29, 1.82) is 0 Å². The maximum Gasteiger partial charge on any atom is 0.119 e. The van der Waals surface area contributed by atoms with Gasteiger partial charge in [0.1, 0.15) is 5.75 Å². The second kappa shape index (κ2) is 15.8. The fraction of sp³-hybridized carbons (Fsp3) is 0.643. The second-order valence-corrected chi connectivity index (χ2v) is 8.94. The van der Waals surface area contributed by atoms with Gasteiger partial charge >= 0.3 is 0 Å². The Morgan fingerprint density at radius 1 is 0.677 bits per heavy atom. The van der Waals surface area contributed by atoms with Gasteiger partial charge in [0.15, 0.2) is 0 Å². The van der Waals surface area contributed by atoms with E-state index in [0.717, 1.165) is 35.5 Å². The Labute approximate surface area is 191 Å². The summed E-state index contributed by atoms with van der Waals surface area (Å²) in [7, 11) is 0. The summed E-state index contributed by atoms with van der Waals surface area (Å²) in [5, 5.41) is 8.91. The Morgan fingerprint density at radius 2 is 1.29 bits per heavy atom. The fourth-order valence-corrected chi connectivity index (χ4v) is 3.94. The molecule has 3 nitrogen and oxygen atoms in total. The van der Waals surface area contributed by atoms with E-state index in [4.69, 9.17) is 4.74 Å². The summed E-state index contributed by atoms with van der Waals surface area (Å²) in [5.74, 6) is 0.936. The van der Waals surface area contributed by atoms with Crippen LogP contribution in [0.2, 0.25) is 0 Å². The number of aryl methyl sites for hydroxylation is 1. The Hall–Kier alpha value is -1.90. The average molecular weight is 425 g/mol. The molecule has 2 aromatic rings. The van der Waals surface area contributed by atoms with Gasteiger partial charge in [0.2, 0.25) is 0 Å². The van der Waals surface area contributed by atoms with E-state index in [1.54, 1.807) is 0 Å². The van der Waals surface area contributed by atoms with Gasteiger partial charge in [-0.1, -0.05) is 78.1 Å². The highest BCUT2D eigenvalue weighted by molar-refractivity contribution is 5.59. The van der Waals surface area contributed by atoms with Crippen LogP contribution in [-0.4, -0.2) is 16.3 Å². The van der Waals surface area contributed by atoms with Crippen molar-refractivity contribution in [2.24, 2.45) is 0 Å². The molecule has 1 atom stereocenters. The van der Waals surface area contributed by atoms with Gasteiger partial charge in [-0.2, -0.15) is 10.2 Å². The van der Waals surface area contributed by atoms with Crippen LogP contribution < -0.4 is 4.74 Å². The summed E-state index contributed by atoms with van der Waals surface area (Å²) >= 11 is 0. The molecule has 31 heavy (non-hydrogen) atoms. The van der Waals surface area contributed by atoms with Crippen molar-refractivity contribution < 1.29 is 4.74 Å². The summed E-state index contributed by atoms with van der Waals surface area (Å²) in [6.07, 6.45) is 18.3. The van der Waals surface area contributed by atoms with Crippen molar-refractivity contribution in [3.63, 3.8) is 0 Å². The first-order chi connectivity index (χ1) is 15.2. The standard InChI is InChI=1S/C28H44N2O/c1-4-6-8-10-11-12-13-15-17-26-20-23-28(30-29-26)25-18-21-27(22-19-25)31-24(3)16-14-9-7-5-2/h18-24H,4-17H2,1-3H3. The van der Waals surface area contributed by atoms with E-state index in [1.165, 1.54) is 77.0 Å². The van der Waals surface area contributed by atoms with E-state index < -0.39 is 0 Å². The highest BCUT2D eigenvalue weighted by Gasteiger charge is 2.06. The largest absolute Gasteiger partial charge is 0.491 e. The lowest BCUT2D eigenvalue weighted by Crippen LogP contribution is -2.11. The first-order valence-corrected chi connectivity index (χ1v) is 12.8. The molecule has 0 amide bonds. The number of ether oxygens (including phenoxy) is 1. The predicted molar refractivity (Wildman–Crippen MR) is 133 cm³/mol. The van der Waals surface area contributed by atoms with E-state index in [9.17, 15) is 0 Å². The molecule has 1 unspecified atom stereocenters. The summed E-state index contributed by atoms with van der Waals surface area (Å²) < 4.78 is 6.06. The topological polar surface area (TPSA) is 35.0 Å². The highest BCUT2D eigenvalue weighted by atomic mass is 16.5. The number of hydrogen-bond donors (Lipinski definition) is 0. The highest BCUT2D eigenvalue weighted by Crippen LogP contribution is 2.22. The molecular weight excluding hydrogens is 380 g/mol. The number of benzene rings is 1. The minimum atomic E-state index is 0.262. The van der Waals surface area contributed by atoms with Crippen LogP contribution in [0.15, 0.2) is 36.4 Å². The van der Waals surface area contributed by atoms with Crippen LogP contribution in [0.4, 0.5) is 0 Å². The molecule has 0 aliphatic heterocycles. The van der Waals surface area contributed by atoms with Gasteiger partial charge in [0.05, 0.1) is 17.5 Å². The molecule has 1 aromatic heterocycles. The Balaban J connectivity index is 1.69. The average Bonchev–Trinajstić information content (AvgIpc) is 2.79. The monoisotopic (exact) mass is 424 g/mol. The molecule has 0 saturated carbocycles. The molecule has 0 N–H and O–H groups in total. The molecule has 0 radical (unpaired) electrons. The van der Waals surface area contributed by atoms with Crippen LogP contribution in [0.1, 0.15) is 110 Å². The Bertz CT molecular complexity index is 681. The predicted octanol–water partition coefficient (Wildman–Crippen LogP) is 8.56. The molecule has 2 rings (SSSR count). The third-order valence-electron chi connectivity index (χ3n) is 5.96. The van der Waals surface area contributed by atoms with E-state index in [0.29, 0.717) is 0 Å². The van der Waals surface area contributed by atoms with Crippen LogP contribution in [0.5, 0.6) is 5.75 Å². The molecule has 0 fully saturated rings. The van der Waals surface area contributed by atoms with Crippen LogP contribution in [-0.2, 0) is 6.42 Å². The number of rotatable bonds is 17. The third kappa shape index (κ3) is 10.8. The molecule has 0 aliphatic rings. The van der Waals surface area contributed by atoms with Crippen LogP contribution in [0.3, 0.4) is 0 Å². The van der Waals surface area contributed by atoms with Crippen molar-refractivity contribution >= 4 is 0 Å². The summed E-state index contributed by atoms with van der Waals surface area (Å²) in [6, 6.07) is 12.5. The number of unbranched alkanes of at least 4 members (excludes halogenated alkanes) is 10. The quantitative estimate of drug-likeness (QED) is 0.238. The normalized spacial score (nSPS) is 12.1. The molecule has 0 spiro atoms. The van der Waals surface area contributed by atoms with E-state index >= 15 is 0 Å². The fourth-order valence-electron chi connectivity index (χ4n) is 3.94. The summed E-state index contributed by atoms with van der Waals surface area (Å²) in [5.41, 5.74) is 3.12. The lowest BCUT2D eigenvalue weighted by atomic mass is 10.1. The van der Waals surface area contributed by atoms with Gasteiger partial charge in [-0.25, -0.2) is 0 Å². The minimum absolute atomic E-state index is 0.262. The Kier molecular flexibility index (Phi) is 13.0. The molecule has 1 heterocycles. The molecule has 3 heteroatoms. The molecule has 0 saturated heterocycles. The second-order valence-electron chi connectivity index (χ2n) is 8.94. The van der Waals surface area contributed by atoms with Crippen molar-refractivity contribution in [2.75, 3.05) is 0 Å². The lowest BCUT2D eigenvalue weighted by molar-refractivity contribution is 0.206. The van der Waals surface area contributed by atoms with Gasteiger partial charge in [0, 0.05) is 5.56 Å². The molecule has 0 aliphatic carbocycles. The number of aromatic nitrogens is 2. The summed E-state index contributed by atoms with van der Waals surface area (Å²) in [4.78, 5) is 0. The zero-order valence-corrected chi connectivity index (χ0v) is 20.2. The smallest absolute Gasteiger partial charge is 0.119 e. The van der Waals surface area contributed by atoms with Crippen molar-refractivity contribution in [3.05, 3.63) is 42.1 Å². The Morgan fingerprint density at radius 3 is 1.90 bits per heavy atom. The summed E-state index contributed by atoms with van der Waals surface area (Å²) in [6.45, 7) is 6.68. The van der Waals surface area contributed by atoms with Crippen molar-refractivity contribution in [2.45, 2.75) is 117 Å². The van der Waals surface area contributed by atoms with Crippen LogP contribution >= 0.6 is 0 Å². The lowest BCUT2D eigenvalue weighted by Gasteiger charge is -2.15. The van der Waals surface area contributed by atoms with Gasteiger partial charge in [-0.3, -0.25) is 0 Å². The van der Waals surface area contributed by atoms with E-state index in [-0.39, 0.29) is 6.10 Å². The first-order valence-electron chi connectivity index (χ1n) is 12.8. The SMILES string of the molecule is CCCCCCCCCCc1ccc(-c2ccc(OC(C)CCCCCC)cc2)nn1. The third-order valence-corrected chi connectivity index (χ3v) is 5.96. The molecule has 0 bridgehead atoms. The molecular formula is C28H44N2O. The molecule has 1 aromatic carbocycles. The minimum Gasteiger partial charge on any atom is -0.491 e. The van der Waals surface area contributed by atoms with Crippen molar-refractivity contribution in [3.8, 4) is 17.0 Å². The van der Waals surface area contributed by atoms with Crippen molar-refractivity contribution in [1.82, 2.24) is 10.2 Å². The van der Waals surface area contributed by atoms with Gasteiger partial charge in [-0.05, 0) is 69.0 Å². The van der Waals surface area contributed by atoms with Gasteiger partial charge < -0.3 is 4.74 Å². The van der Waals surface area contributed by atoms with Crippen LogP contribution in [0.25, 0.3) is 11.3 Å². The molecule has 172 valence electrons. The zero-order valence-electron chi connectivity index (χ0n) is 20.2. The van der Waals surface area contributed by atoms with E-state index in [2.05, 4.69) is 55.2 Å². The van der Waals surface area contributed by atoms with Gasteiger partial charge in [0.25, 0.3) is 0 Å². The number of hydrogen-bond acceptors (Lipinski definition) is 3. The van der Waals surface area contributed by atoms with Crippen LogP contribution in [0, 0.1) is 0 Å². The van der Waals surface area contributed by atoms with E-state index in [1.807, 2.05) is 12.1 Å². The maximum absolute atomic E-state index is 6.06. The zero-order chi connectivity index (χ0) is 22.2.